The Hall–Kier alpha value is -2.20. The highest BCUT2D eigenvalue weighted by molar-refractivity contribution is 5.88. The molecule has 1 aliphatic rings. The van der Waals surface area contributed by atoms with Crippen LogP contribution in [0.25, 0.3) is 11.3 Å². The molecular formula is C18H20N2O2. The first-order valence-electron chi connectivity index (χ1n) is 7.72. The average Bonchev–Trinajstić information content (AvgIpc) is 2.57. The monoisotopic (exact) mass is 296 g/mol. The van der Waals surface area contributed by atoms with Gasteiger partial charge in [0.05, 0.1) is 11.3 Å². The summed E-state index contributed by atoms with van der Waals surface area (Å²) < 4.78 is 0. The number of piperidine rings is 1. The van der Waals surface area contributed by atoms with Gasteiger partial charge in [-0.1, -0.05) is 18.2 Å². The van der Waals surface area contributed by atoms with Gasteiger partial charge >= 0.3 is 5.97 Å². The van der Waals surface area contributed by atoms with Gasteiger partial charge in [-0.3, -0.25) is 4.98 Å². The first-order valence-corrected chi connectivity index (χ1v) is 7.72. The molecule has 4 nitrogen and oxygen atoms in total. The predicted molar refractivity (Wildman–Crippen MR) is 85.9 cm³/mol. The third kappa shape index (κ3) is 3.52. The van der Waals surface area contributed by atoms with Crippen molar-refractivity contribution in [2.24, 2.45) is 5.92 Å². The van der Waals surface area contributed by atoms with Crippen molar-refractivity contribution in [2.45, 2.75) is 19.3 Å². The maximum atomic E-state index is 10.9. The van der Waals surface area contributed by atoms with E-state index in [-0.39, 0.29) is 0 Å². The van der Waals surface area contributed by atoms with Crippen molar-refractivity contribution in [3.63, 3.8) is 0 Å². The molecular weight excluding hydrogens is 276 g/mol. The normalized spacial score (nSPS) is 15.6. The van der Waals surface area contributed by atoms with Crippen LogP contribution < -0.4 is 5.32 Å². The summed E-state index contributed by atoms with van der Waals surface area (Å²) in [5, 5.41) is 12.3. The number of benzene rings is 1. The molecule has 2 aromatic rings. The Labute approximate surface area is 130 Å². The van der Waals surface area contributed by atoms with Crippen LogP contribution in [0.1, 0.15) is 28.8 Å². The van der Waals surface area contributed by atoms with Gasteiger partial charge in [-0.15, -0.1) is 0 Å². The molecule has 0 saturated carbocycles. The van der Waals surface area contributed by atoms with Crippen molar-refractivity contribution >= 4 is 5.97 Å². The number of hydrogen-bond acceptors (Lipinski definition) is 3. The van der Waals surface area contributed by atoms with Gasteiger partial charge in [0.15, 0.2) is 0 Å². The summed E-state index contributed by atoms with van der Waals surface area (Å²) in [5.74, 6) is -0.152. The van der Waals surface area contributed by atoms with Crippen LogP contribution in [-0.2, 0) is 6.42 Å². The van der Waals surface area contributed by atoms with E-state index in [1.54, 1.807) is 24.3 Å². The van der Waals surface area contributed by atoms with Crippen molar-refractivity contribution in [1.29, 1.82) is 0 Å². The molecule has 0 atom stereocenters. The van der Waals surface area contributed by atoms with Crippen molar-refractivity contribution in [1.82, 2.24) is 10.3 Å². The average molecular weight is 296 g/mol. The van der Waals surface area contributed by atoms with Gasteiger partial charge in [0.25, 0.3) is 0 Å². The lowest BCUT2D eigenvalue weighted by molar-refractivity contribution is 0.0697. The molecule has 4 heteroatoms. The smallest absolute Gasteiger partial charge is 0.335 e. The highest BCUT2D eigenvalue weighted by Gasteiger charge is 2.13. The van der Waals surface area contributed by atoms with Gasteiger partial charge in [-0.2, -0.15) is 0 Å². The molecule has 0 aliphatic carbocycles. The lowest BCUT2D eigenvalue weighted by atomic mass is 9.91. The number of nitrogens with zero attached hydrogens (tertiary/aromatic N) is 1. The topological polar surface area (TPSA) is 62.2 Å². The first-order chi connectivity index (χ1) is 10.7. The molecule has 3 rings (SSSR count). The Morgan fingerprint density at radius 3 is 2.45 bits per heavy atom. The van der Waals surface area contributed by atoms with Crippen LogP contribution in [0.4, 0.5) is 0 Å². The van der Waals surface area contributed by atoms with Crippen LogP contribution in [-0.4, -0.2) is 29.1 Å². The quantitative estimate of drug-likeness (QED) is 0.910. The van der Waals surface area contributed by atoms with Crippen LogP contribution in [0, 0.1) is 5.92 Å². The SMILES string of the molecule is O=C(O)c1ccc(-c2ccc(CC3CCNCC3)cn2)cc1. The van der Waals surface area contributed by atoms with Crippen LogP contribution in [0.2, 0.25) is 0 Å². The number of aromatic carboxylic acids is 1. The molecule has 1 aliphatic heterocycles. The fourth-order valence-corrected chi connectivity index (χ4v) is 2.92. The molecule has 0 bridgehead atoms. The standard InChI is InChI=1S/C18H20N2O2/c21-18(22)16-4-2-15(3-5-16)17-6-1-14(12-20-17)11-13-7-9-19-10-8-13/h1-6,12-13,19H,7-11H2,(H,21,22). The molecule has 1 fully saturated rings. The number of carboxylic acid groups (broad SMARTS) is 1. The first kappa shape index (κ1) is 14.7. The van der Waals surface area contributed by atoms with E-state index in [0.29, 0.717) is 5.56 Å². The van der Waals surface area contributed by atoms with E-state index in [4.69, 9.17) is 5.11 Å². The number of pyridine rings is 1. The largest absolute Gasteiger partial charge is 0.478 e. The fourth-order valence-electron chi connectivity index (χ4n) is 2.92. The van der Waals surface area contributed by atoms with Crippen molar-refractivity contribution in [3.8, 4) is 11.3 Å². The number of carbonyl (C=O) groups is 1. The highest BCUT2D eigenvalue weighted by atomic mass is 16.4. The van der Waals surface area contributed by atoms with Gasteiger partial charge in [-0.25, -0.2) is 4.79 Å². The van der Waals surface area contributed by atoms with Crippen LogP contribution >= 0.6 is 0 Å². The zero-order chi connectivity index (χ0) is 15.4. The molecule has 1 aromatic carbocycles. The van der Waals surface area contributed by atoms with E-state index in [1.807, 2.05) is 12.3 Å². The van der Waals surface area contributed by atoms with Crippen LogP contribution in [0.15, 0.2) is 42.6 Å². The molecule has 0 amide bonds. The summed E-state index contributed by atoms with van der Waals surface area (Å²) in [5.41, 5.74) is 3.40. The fraction of sp³-hybridized carbons (Fsp3) is 0.333. The highest BCUT2D eigenvalue weighted by Crippen LogP contribution is 2.21. The molecule has 2 N–H and O–H groups in total. The second-order valence-electron chi connectivity index (χ2n) is 5.83. The summed E-state index contributed by atoms with van der Waals surface area (Å²) in [4.78, 5) is 15.4. The molecule has 0 unspecified atom stereocenters. The lowest BCUT2D eigenvalue weighted by Crippen LogP contribution is -2.28. The molecule has 1 saturated heterocycles. The Morgan fingerprint density at radius 1 is 1.14 bits per heavy atom. The number of aromatic nitrogens is 1. The van der Waals surface area contributed by atoms with Crippen LogP contribution in [0.3, 0.4) is 0 Å². The number of rotatable bonds is 4. The number of hydrogen-bond donors (Lipinski definition) is 2. The molecule has 1 aromatic heterocycles. The van der Waals surface area contributed by atoms with Gasteiger partial charge in [0.1, 0.15) is 0 Å². The van der Waals surface area contributed by atoms with E-state index in [1.165, 1.54) is 18.4 Å². The van der Waals surface area contributed by atoms with E-state index < -0.39 is 5.97 Å². The van der Waals surface area contributed by atoms with E-state index in [0.717, 1.165) is 36.7 Å². The summed E-state index contributed by atoms with van der Waals surface area (Å²) >= 11 is 0. The summed E-state index contributed by atoms with van der Waals surface area (Å²) in [7, 11) is 0. The van der Waals surface area contributed by atoms with Gasteiger partial charge in [0.2, 0.25) is 0 Å². The van der Waals surface area contributed by atoms with Gasteiger partial charge < -0.3 is 10.4 Å². The second-order valence-corrected chi connectivity index (χ2v) is 5.83. The molecule has 22 heavy (non-hydrogen) atoms. The number of carboxylic acids is 1. The minimum atomic E-state index is -0.906. The van der Waals surface area contributed by atoms with Gasteiger partial charge in [-0.05, 0) is 62.0 Å². The summed E-state index contributed by atoms with van der Waals surface area (Å²) in [6.07, 6.45) is 5.51. The maximum absolute atomic E-state index is 10.9. The molecule has 0 spiro atoms. The maximum Gasteiger partial charge on any atom is 0.335 e. The Kier molecular flexibility index (Phi) is 4.49. The van der Waals surface area contributed by atoms with Crippen molar-refractivity contribution in [3.05, 3.63) is 53.7 Å². The molecule has 0 radical (unpaired) electrons. The number of nitrogens with one attached hydrogen (secondary N) is 1. The predicted octanol–water partition coefficient (Wildman–Crippen LogP) is 2.99. The summed E-state index contributed by atoms with van der Waals surface area (Å²) in [6, 6.07) is 11.0. The zero-order valence-electron chi connectivity index (χ0n) is 12.5. The van der Waals surface area contributed by atoms with E-state index in [9.17, 15) is 4.79 Å². The second kappa shape index (κ2) is 6.71. The summed E-state index contributed by atoms with van der Waals surface area (Å²) in [6.45, 7) is 2.23. The van der Waals surface area contributed by atoms with Crippen molar-refractivity contribution in [2.75, 3.05) is 13.1 Å². The third-order valence-electron chi connectivity index (χ3n) is 4.24. The minimum Gasteiger partial charge on any atom is -0.478 e. The third-order valence-corrected chi connectivity index (χ3v) is 4.24. The Balaban J connectivity index is 1.69. The van der Waals surface area contributed by atoms with Crippen LogP contribution in [0.5, 0.6) is 0 Å². The Bertz CT molecular complexity index is 629. The van der Waals surface area contributed by atoms with Crippen molar-refractivity contribution < 1.29 is 9.90 Å². The van der Waals surface area contributed by atoms with E-state index >= 15 is 0 Å². The zero-order valence-corrected chi connectivity index (χ0v) is 12.5. The molecule has 2 heterocycles. The van der Waals surface area contributed by atoms with Gasteiger partial charge in [0, 0.05) is 11.8 Å². The van der Waals surface area contributed by atoms with E-state index in [2.05, 4.69) is 16.4 Å². The lowest BCUT2D eigenvalue weighted by Gasteiger charge is -2.22. The molecule has 114 valence electrons. The minimum absolute atomic E-state index is 0.297. The Morgan fingerprint density at radius 2 is 1.86 bits per heavy atom.